The predicted octanol–water partition coefficient (Wildman–Crippen LogP) is 3.30. The first-order valence-electron chi connectivity index (χ1n) is 8.17. The highest BCUT2D eigenvalue weighted by molar-refractivity contribution is 9.10. The van der Waals surface area contributed by atoms with Crippen molar-refractivity contribution < 1.29 is 18.8 Å². The number of halogens is 2. The number of amides is 4. The summed E-state index contributed by atoms with van der Waals surface area (Å²) in [6, 6.07) is 9.90. The van der Waals surface area contributed by atoms with Crippen LogP contribution in [-0.2, 0) is 15.1 Å². The molecule has 2 aromatic carbocycles. The number of hydrogen-bond acceptors (Lipinski definition) is 3. The van der Waals surface area contributed by atoms with E-state index >= 15 is 0 Å². The van der Waals surface area contributed by atoms with Gasteiger partial charge in [0.2, 0.25) is 5.91 Å². The highest BCUT2D eigenvalue weighted by Gasteiger charge is 2.49. The van der Waals surface area contributed by atoms with Gasteiger partial charge in [-0.2, -0.15) is 0 Å². The summed E-state index contributed by atoms with van der Waals surface area (Å²) in [7, 11) is 0. The number of anilines is 1. The van der Waals surface area contributed by atoms with Crippen LogP contribution in [0.3, 0.4) is 0 Å². The molecule has 0 aliphatic carbocycles. The third-order valence-corrected chi connectivity index (χ3v) is 5.33. The van der Waals surface area contributed by atoms with Crippen LogP contribution in [0.4, 0.5) is 14.9 Å². The number of benzene rings is 2. The number of aryl methyl sites for hydroxylation is 1. The van der Waals surface area contributed by atoms with Crippen molar-refractivity contribution in [2.24, 2.45) is 0 Å². The van der Waals surface area contributed by atoms with E-state index in [1.54, 1.807) is 18.2 Å². The first-order valence-corrected chi connectivity index (χ1v) is 8.96. The smallest absolute Gasteiger partial charge is 0.325 e. The first kappa shape index (κ1) is 19.0. The number of imide groups is 1. The Balaban J connectivity index is 1.74. The van der Waals surface area contributed by atoms with E-state index in [-0.39, 0.29) is 0 Å². The Morgan fingerprint density at radius 2 is 1.89 bits per heavy atom. The quantitative estimate of drug-likeness (QED) is 0.725. The van der Waals surface area contributed by atoms with Crippen LogP contribution in [-0.4, -0.2) is 29.3 Å². The third-order valence-electron chi connectivity index (χ3n) is 4.44. The van der Waals surface area contributed by atoms with E-state index in [4.69, 9.17) is 0 Å². The average molecular weight is 434 g/mol. The van der Waals surface area contributed by atoms with Gasteiger partial charge in [0.05, 0.1) is 0 Å². The second kappa shape index (κ2) is 7.11. The Bertz CT molecular complexity index is 932. The number of nitrogens with zero attached hydrogens (tertiary/aromatic N) is 1. The molecule has 1 heterocycles. The van der Waals surface area contributed by atoms with Crippen molar-refractivity contribution in [2.45, 2.75) is 19.4 Å². The lowest BCUT2D eigenvalue weighted by molar-refractivity contribution is -0.133. The van der Waals surface area contributed by atoms with Gasteiger partial charge in [-0.3, -0.25) is 14.5 Å². The number of nitrogens with one attached hydrogen (secondary N) is 2. The van der Waals surface area contributed by atoms with Gasteiger partial charge in [-0.25, -0.2) is 9.18 Å². The molecule has 2 aromatic rings. The lowest BCUT2D eigenvalue weighted by Gasteiger charge is -2.22. The van der Waals surface area contributed by atoms with E-state index in [9.17, 15) is 18.8 Å². The molecule has 0 bridgehead atoms. The van der Waals surface area contributed by atoms with Crippen molar-refractivity contribution >= 4 is 39.5 Å². The van der Waals surface area contributed by atoms with E-state index < -0.39 is 35.7 Å². The number of urea groups is 1. The Morgan fingerprint density at radius 3 is 2.52 bits per heavy atom. The predicted molar refractivity (Wildman–Crippen MR) is 102 cm³/mol. The molecule has 1 fully saturated rings. The van der Waals surface area contributed by atoms with Crippen LogP contribution in [0, 0.1) is 12.7 Å². The lowest BCUT2D eigenvalue weighted by atomic mass is 9.92. The monoisotopic (exact) mass is 433 g/mol. The number of carbonyl (C=O) groups is 3. The van der Waals surface area contributed by atoms with Gasteiger partial charge in [0.25, 0.3) is 5.91 Å². The van der Waals surface area contributed by atoms with E-state index in [0.29, 0.717) is 11.3 Å². The molecule has 8 heteroatoms. The van der Waals surface area contributed by atoms with Gasteiger partial charge in [-0.05, 0) is 55.3 Å². The van der Waals surface area contributed by atoms with Crippen LogP contribution in [0.1, 0.15) is 18.1 Å². The first-order chi connectivity index (χ1) is 12.7. The zero-order valence-electron chi connectivity index (χ0n) is 14.7. The summed E-state index contributed by atoms with van der Waals surface area (Å²) in [6.07, 6.45) is 0. The minimum atomic E-state index is -1.35. The fraction of sp³-hybridized carbons (Fsp3) is 0.211. The normalized spacial score (nSPS) is 19.2. The van der Waals surface area contributed by atoms with Crippen LogP contribution in [0.15, 0.2) is 46.9 Å². The Hall–Kier alpha value is -2.74. The molecule has 0 saturated carbocycles. The van der Waals surface area contributed by atoms with Crippen LogP contribution in [0.25, 0.3) is 0 Å². The molecule has 0 aromatic heterocycles. The topological polar surface area (TPSA) is 78.5 Å². The molecule has 3 rings (SSSR count). The van der Waals surface area contributed by atoms with Gasteiger partial charge in [0, 0.05) is 10.2 Å². The molecule has 1 atom stereocenters. The van der Waals surface area contributed by atoms with Crippen molar-refractivity contribution in [2.75, 3.05) is 11.9 Å². The summed E-state index contributed by atoms with van der Waals surface area (Å²) in [5.41, 5.74) is 0.591. The fourth-order valence-corrected chi connectivity index (χ4v) is 3.13. The van der Waals surface area contributed by atoms with Crippen molar-refractivity contribution in [3.8, 4) is 0 Å². The number of hydrogen-bond donors (Lipinski definition) is 2. The molecule has 4 amide bonds. The molecule has 27 heavy (non-hydrogen) atoms. The van der Waals surface area contributed by atoms with E-state index in [1.807, 2.05) is 6.92 Å². The molecule has 140 valence electrons. The van der Waals surface area contributed by atoms with E-state index in [2.05, 4.69) is 26.6 Å². The fourth-order valence-electron chi connectivity index (χ4n) is 2.89. The van der Waals surface area contributed by atoms with Gasteiger partial charge in [-0.15, -0.1) is 0 Å². The Morgan fingerprint density at radius 1 is 1.22 bits per heavy atom. The van der Waals surface area contributed by atoms with E-state index in [0.717, 1.165) is 14.9 Å². The molecule has 1 unspecified atom stereocenters. The Labute approximate surface area is 163 Å². The standard InChI is InChI=1S/C19H17BrFN3O3/c1-11-9-14(7-8-15(11)20)22-16(25)10-24-17(26)19(2,23-18(24)27)12-3-5-13(21)6-4-12/h3-9H,10H2,1-2H3,(H,22,25)(H,23,27). The summed E-state index contributed by atoms with van der Waals surface area (Å²) in [5, 5.41) is 5.25. The van der Waals surface area contributed by atoms with Crippen LogP contribution < -0.4 is 10.6 Å². The minimum Gasteiger partial charge on any atom is -0.325 e. The van der Waals surface area contributed by atoms with Gasteiger partial charge in [0.1, 0.15) is 17.9 Å². The van der Waals surface area contributed by atoms with Gasteiger partial charge in [0.15, 0.2) is 0 Å². The summed E-state index contributed by atoms with van der Waals surface area (Å²) < 4.78 is 14.0. The Kier molecular flexibility index (Phi) is 5.01. The summed E-state index contributed by atoms with van der Waals surface area (Å²) in [5.74, 6) is -1.51. The summed E-state index contributed by atoms with van der Waals surface area (Å²) in [6.45, 7) is 2.98. The van der Waals surface area contributed by atoms with Gasteiger partial charge in [-0.1, -0.05) is 28.1 Å². The highest BCUT2D eigenvalue weighted by atomic mass is 79.9. The maximum atomic E-state index is 13.1. The zero-order chi connectivity index (χ0) is 19.8. The maximum absolute atomic E-state index is 13.1. The van der Waals surface area contributed by atoms with Crippen molar-refractivity contribution in [1.29, 1.82) is 0 Å². The third kappa shape index (κ3) is 3.71. The van der Waals surface area contributed by atoms with Crippen molar-refractivity contribution in [3.63, 3.8) is 0 Å². The van der Waals surface area contributed by atoms with Crippen molar-refractivity contribution in [3.05, 3.63) is 63.9 Å². The minimum absolute atomic E-state index is 0.420. The largest absolute Gasteiger partial charge is 0.325 e. The second-order valence-corrected chi connectivity index (χ2v) is 7.32. The highest BCUT2D eigenvalue weighted by Crippen LogP contribution is 2.29. The SMILES string of the molecule is Cc1cc(NC(=O)CN2C(=O)NC(C)(c3ccc(F)cc3)C2=O)ccc1Br. The number of rotatable bonds is 4. The molecule has 6 nitrogen and oxygen atoms in total. The summed E-state index contributed by atoms with van der Waals surface area (Å²) in [4.78, 5) is 38.2. The molecule has 0 spiro atoms. The zero-order valence-corrected chi connectivity index (χ0v) is 16.3. The second-order valence-electron chi connectivity index (χ2n) is 6.47. The van der Waals surface area contributed by atoms with E-state index in [1.165, 1.54) is 31.2 Å². The van der Waals surface area contributed by atoms with Crippen LogP contribution in [0.5, 0.6) is 0 Å². The van der Waals surface area contributed by atoms with Crippen LogP contribution in [0.2, 0.25) is 0 Å². The molecule has 0 radical (unpaired) electrons. The van der Waals surface area contributed by atoms with Crippen LogP contribution >= 0.6 is 15.9 Å². The molecule has 1 aliphatic heterocycles. The molecule has 1 saturated heterocycles. The molecule has 2 N–H and O–H groups in total. The molecular weight excluding hydrogens is 417 g/mol. The maximum Gasteiger partial charge on any atom is 0.325 e. The summed E-state index contributed by atoms with van der Waals surface area (Å²) >= 11 is 3.38. The number of carbonyl (C=O) groups excluding carboxylic acids is 3. The lowest BCUT2D eigenvalue weighted by Crippen LogP contribution is -2.42. The van der Waals surface area contributed by atoms with Crippen molar-refractivity contribution in [1.82, 2.24) is 10.2 Å². The molecule has 1 aliphatic rings. The van der Waals surface area contributed by atoms with Gasteiger partial charge < -0.3 is 10.6 Å². The van der Waals surface area contributed by atoms with Gasteiger partial charge >= 0.3 is 6.03 Å². The molecular formula is C19H17BrFN3O3. The average Bonchev–Trinajstić information content (AvgIpc) is 2.83.